The minimum atomic E-state index is -0.209. The van der Waals surface area contributed by atoms with E-state index in [1.807, 2.05) is 34.9 Å². The number of nitrogens with zero attached hydrogens (tertiary/aromatic N) is 3. The van der Waals surface area contributed by atoms with E-state index in [9.17, 15) is 9.59 Å². The van der Waals surface area contributed by atoms with E-state index in [0.717, 1.165) is 30.6 Å². The van der Waals surface area contributed by atoms with Gasteiger partial charge >= 0.3 is 0 Å². The maximum atomic E-state index is 12.6. The topological polar surface area (TPSA) is 97.6 Å². The summed E-state index contributed by atoms with van der Waals surface area (Å²) in [6.45, 7) is 0. The van der Waals surface area contributed by atoms with Crippen molar-refractivity contribution in [2.24, 2.45) is 5.92 Å². The molecule has 2 aromatic heterocycles. The number of rotatable bonds is 6. The number of carbonyl (C=O) groups is 2. The standard InChI is InChI=1S/C25H23N5O3/c1-33-21-12-9-19(10-13-21)26-25(32)18-7-5-16(6-8-18)23-29-28-22-14-11-20(15-30(22)23)27-24(31)17-3-2-4-17/h5-15,17H,2-4H2,1H3,(H,26,32)(H,27,31). The van der Waals surface area contributed by atoms with Crippen molar-refractivity contribution in [1.82, 2.24) is 14.6 Å². The van der Waals surface area contributed by atoms with E-state index >= 15 is 0 Å². The number of anilines is 2. The van der Waals surface area contributed by atoms with Gasteiger partial charge in [-0.25, -0.2) is 0 Å². The van der Waals surface area contributed by atoms with Crippen LogP contribution in [0.3, 0.4) is 0 Å². The molecule has 5 rings (SSSR count). The van der Waals surface area contributed by atoms with Crippen LogP contribution in [0.15, 0.2) is 66.9 Å². The van der Waals surface area contributed by atoms with E-state index in [0.29, 0.717) is 28.4 Å². The van der Waals surface area contributed by atoms with Crippen LogP contribution in [0.4, 0.5) is 11.4 Å². The number of amides is 2. The molecule has 0 radical (unpaired) electrons. The maximum Gasteiger partial charge on any atom is 0.255 e. The average molecular weight is 441 g/mol. The Morgan fingerprint density at radius 3 is 2.30 bits per heavy atom. The number of methoxy groups -OCH3 is 1. The monoisotopic (exact) mass is 441 g/mol. The summed E-state index contributed by atoms with van der Waals surface area (Å²) in [5.74, 6) is 1.31. The van der Waals surface area contributed by atoms with Crippen LogP contribution in [0, 0.1) is 5.92 Å². The Kier molecular flexibility index (Phi) is 5.48. The molecule has 2 N–H and O–H groups in total. The first-order valence-corrected chi connectivity index (χ1v) is 10.8. The molecule has 1 aliphatic carbocycles. The molecule has 0 aliphatic heterocycles. The average Bonchev–Trinajstić information content (AvgIpc) is 3.22. The fraction of sp³-hybridized carbons (Fsp3) is 0.200. The Balaban J connectivity index is 1.33. The highest BCUT2D eigenvalue weighted by Crippen LogP contribution is 2.28. The highest BCUT2D eigenvalue weighted by atomic mass is 16.5. The van der Waals surface area contributed by atoms with Gasteiger partial charge in [-0.05, 0) is 61.4 Å². The molecule has 2 amide bonds. The first-order chi connectivity index (χ1) is 16.1. The summed E-state index contributed by atoms with van der Waals surface area (Å²) < 4.78 is 6.97. The van der Waals surface area contributed by atoms with Crippen molar-refractivity contribution in [3.63, 3.8) is 0 Å². The zero-order valence-electron chi connectivity index (χ0n) is 18.1. The van der Waals surface area contributed by atoms with Crippen molar-refractivity contribution < 1.29 is 14.3 Å². The number of benzene rings is 2. The molecule has 2 aromatic carbocycles. The van der Waals surface area contributed by atoms with Crippen molar-refractivity contribution in [3.8, 4) is 17.1 Å². The number of hydrogen-bond donors (Lipinski definition) is 2. The Morgan fingerprint density at radius 2 is 1.64 bits per heavy atom. The summed E-state index contributed by atoms with van der Waals surface area (Å²) in [4.78, 5) is 24.9. The van der Waals surface area contributed by atoms with Crippen LogP contribution in [-0.4, -0.2) is 33.5 Å². The molecule has 4 aromatic rings. The van der Waals surface area contributed by atoms with Gasteiger partial charge < -0.3 is 15.4 Å². The molecule has 1 fully saturated rings. The van der Waals surface area contributed by atoms with Gasteiger partial charge in [0, 0.05) is 28.9 Å². The van der Waals surface area contributed by atoms with Crippen molar-refractivity contribution in [3.05, 3.63) is 72.4 Å². The predicted molar refractivity (Wildman–Crippen MR) is 125 cm³/mol. The van der Waals surface area contributed by atoms with Gasteiger partial charge in [0.1, 0.15) is 5.75 Å². The summed E-state index contributed by atoms with van der Waals surface area (Å²) in [5, 5.41) is 14.4. The van der Waals surface area contributed by atoms with Gasteiger partial charge in [0.25, 0.3) is 5.91 Å². The molecule has 1 saturated carbocycles. The first-order valence-electron chi connectivity index (χ1n) is 10.8. The fourth-order valence-corrected chi connectivity index (χ4v) is 3.72. The van der Waals surface area contributed by atoms with E-state index in [1.165, 1.54) is 0 Å². The minimum absolute atomic E-state index is 0.0578. The predicted octanol–water partition coefficient (Wildman–Crippen LogP) is 4.40. The van der Waals surface area contributed by atoms with Crippen molar-refractivity contribution in [2.45, 2.75) is 19.3 Å². The molecule has 33 heavy (non-hydrogen) atoms. The lowest BCUT2D eigenvalue weighted by atomic mass is 9.85. The molecule has 0 atom stereocenters. The second kappa shape index (κ2) is 8.74. The maximum absolute atomic E-state index is 12.6. The lowest BCUT2D eigenvalue weighted by Gasteiger charge is -2.24. The highest BCUT2D eigenvalue weighted by Gasteiger charge is 2.25. The van der Waals surface area contributed by atoms with Gasteiger partial charge in [0.2, 0.25) is 5.91 Å². The zero-order valence-corrected chi connectivity index (χ0v) is 18.1. The fourth-order valence-electron chi connectivity index (χ4n) is 3.72. The second-order valence-electron chi connectivity index (χ2n) is 8.05. The lowest BCUT2D eigenvalue weighted by molar-refractivity contribution is -0.122. The second-order valence-corrected chi connectivity index (χ2v) is 8.05. The van der Waals surface area contributed by atoms with E-state index in [2.05, 4.69) is 20.8 Å². The van der Waals surface area contributed by atoms with Crippen LogP contribution in [0.5, 0.6) is 5.75 Å². The third kappa shape index (κ3) is 4.27. The number of carbonyl (C=O) groups excluding carboxylic acids is 2. The molecule has 0 bridgehead atoms. The molecule has 8 heteroatoms. The lowest BCUT2D eigenvalue weighted by Crippen LogP contribution is -2.28. The van der Waals surface area contributed by atoms with Gasteiger partial charge in [-0.3, -0.25) is 14.0 Å². The summed E-state index contributed by atoms with van der Waals surface area (Å²) in [7, 11) is 1.60. The summed E-state index contributed by atoms with van der Waals surface area (Å²) in [6, 6.07) is 18.0. The molecule has 166 valence electrons. The quantitative estimate of drug-likeness (QED) is 0.462. The van der Waals surface area contributed by atoms with Gasteiger partial charge in [-0.1, -0.05) is 18.6 Å². The van der Waals surface area contributed by atoms with Crippen molar-refractivity contribution >= 4 is 28.8 Å². The van der Waals surface area contributed by atoms with Crippen LogP contribution in [0.1, 0.15) is 29.6 Å². The third-order valence-electron chi connectivity index (χ3n) is 5.90. The van der Waals surface area contributed by atoms with Gasteiger partial charge in [-0.15, -0.1) is 10.2 Å². The van der Waals surface area contributed by atoms with E-state index < -0.39 is 0 Å². The Hall–Kier alpha value is -4.20. The molecule has 0 spiro atoms. The van der Waals surface area contributed by atoms with Crippen LogP contribution in [0.2, 0.25) is 0 Å². The molecular weight excluding hydrogens is 418 g/mol. The van der Waals surface area contributed by atoms with Crippen LogP contribution < -0.4 is 15.4 Å². The van der Waals surface area contributed by atoms with Gasteiger partial charge in [0.05, 0.1) is 12.8 Å². The molecule has 8 nitrogen and oxygen atoms in total. The van der Waals surface area contributed by atoms with Gasteiger partial charge in [0.15, 0.2) is 11.5 Å². The molecular formula is C25H23N5O3. The van der Waals surface area contributed by atoms with E-state index in [-0.39, 0.29) is 17.7 Å². The van der Waals surface area contributed by atoms with E-state index in [4.69, 9.17) is 4.74 Å². The van der Waals surface area contributed by atoms with E-state index in [1.54, 1.807) is 43.5 Å². The number of hydrogen-bond acceptors (Lipinski definition) is 5. The molecule has 2 heterocycles. The number of fused-ring (bicyclic) bond motifs is 1. The Bertz CT molecular complexity index is 1310. The Labute approximate surface area is 190 Å². The van der Waals surface area contributed by atoms with Crippen LogP contribution in [0.25, 0.3) is 17.0 Å². The highest BCUT2D eigenvalue weighted by molar-refractivity contribution is 6.04. The van der Waals surface area contributed by atoms with Gasteiger partial charge in [-0.2, -0.15) is 0 Å². The normalized spacial score (nSPS) is 13.4. The number of aromatic nitrogens is 3. The van der Waals surface area contributed by atoms with Crippen molar-refractivity contribution in [2.75, 3.05) is 17.7 Å². The van der Waals surface area contributed by atoms with Crippen LogP contribution in [-0.2, 0) is 4.79 Å². The molecule has 0 unspecified atom stereocenters. The number of nitrogens with one attached hydrogen (secondary N) is 2. The summed E-state index contributed by atoms with van der Waals surface area (Å²) in [5.41, 5.74) is 3.40. The smallest absolute Gasteiger partial charge is 0.255 e. The number of ether oxygens (including phenoxy) is 1. The minimum Gasteiger partial charge on any atom is -0.497 e. The SMILES string of the molecule is COc1ccc(NC(=O)c2ccc(-c3nnc4ccc(NC(=O)C5CCC5)cn34)cc2)cc1. The largest absolute Gasteiger partial charge is 0.497 e. The number of pyridine rings is 1. The summed E-state index contributed by atoms with van der Waals surface area (Å²) >= 11 is 0. The molecule has 1 aliphatic rings. The first kappa shape index (κ1) is 20.7. The molecule has 0 saturated heterocycles. The van der Waals surface area contributed by atoms with Crippen molar-refractivity contribution in [1.29, 1.82) is 0 Å². The third-order valence-corrected chi connectivity index (χ3v) is 5.90. The summed E-state index contributed by atoms with van der Waals surface area (Å²) in [6.07, 6.45) is 4.83. The Morgan fingerprint density at radius 1 is 0.909 bits per heavy atom. The zero-order chi connectivity index (χ0) is 22.8. The van der Waals surface area contributed by atoms with Crippen LogP contribution >= 0.6 is 0 Å².